The summed E-state index contributed by atoms with van der Waals surface area (Å²) in [5.74, 6) is -0.329. The summed E-state index contributed by atoms with van der Waals surface area (Å²) in [5.41, 5.74) is 0. The summed E-state index contributed by atoms with van der Waals surface area (Å²) in [5, 5.41) is -0.232. The van der Waals surface area contributed by atoms with Crippen molar-refractivity contribution in [2.24, 2.45) is 0 Å². The third-order valence-electron chi connectivity index (χ3n) is 4.14. The van der Waals surface area contributed by atoms with Crippen LogP contribution in [-0.4, -0.2) is 17.3 Å². The van der Waals surface area contributed by atoms with E-state index in [1.54, 1.807) is 0 Å². The van der Waals surface area contributed by atoms with Gasteiger partial charge in [0.05, 0.1) is 0 Å². The molecule has 1 unspecified atom stereocenters. The molecule has 0 heterocycles. The van der Waals surface area contributed by atoms with E-state index < -0.39 is 0 Å². The van der Waals surface area contributed by atoms with E-state index in [1.807, 2.05) is 0 Å². The molecule has 3 nitrogen and oxygen atoms in total. The van der Waals surface area contributed by atoms with Crippen LogP contribution in [0.15, 0.2) is 24.8 Å². The average Bonchev–Trinajstić information content (AvgIpc) is 2.59. The molecule has 0 bridgehead atoms. The molecule has 0 saturated heterocycles. The van der Waals surface area contributed by atoms with E-state index in [2.05, 4.69) is 25.7 Å². The van der Waals surface area contributed by atoms with Crippen molar-refractivity contribution in [1.29, 1.82) is 0 Å². The van der Waals surface area contributed by atoms with E-state index in [0.717, 1.165) is 51.4 Å². The normalized spacial score (nSPS) is 12.2. The minimum atomic E-state index is -0.329. The smallest absolute Gasteiger partial charge is 0.330 e. The molecule has 0 fully saturated rings. The zero-order valence-electron chi connectivity index (χ0n) is 15.8. The number of carbonyl (C=O) groups excluding carboxylic acids is 2. The molecule has 0 rings (SSSR count). The van der Waals surface area contributed by atoms with Crippen molar-refractivity contribution in [3.63, 3.8) is 0 Å². The molecule has 25 heavy (non-hydrogen) atoms. The van der Waals surface area contributed by atoms with E-state index in [-0.39, 0.29) is 17.3 Å². The van der Waals surface area contributed by atoms with Crippen LogP contribution in [0, 0.1) is 0 Å². The van der Waals surface area contributed by atoms with Gasteiger partial charge < -0.3 is 4.74 Å². The third kappa shape index (κ3) is 17.5. The fourth-order valence-electron chi connectivity index (χ4n) is 2.66. The lowest BCUT2D eigenvalue weighted by molar-refractivity contribution is -0.143. The van der Waals surface area contributed by atoms with E-state index in [0.29, 0.717) is 6.42 Å². The zero-order chi connectivity index (χ0) is 18.8. The quantitative estimate of drug-likeness (QED) is 0.0964. The second-order valence-electron chi connectivity index (χ2n) is 6.48. The Labute approximate surface area is 158 Å². The van der Waals surface area contributed by atoms with Crippen LogP contribution in [-0.2, 0) is 14.3 Å². The second-order valence-corrected chi connectivity index (χ2v) is 6.90. The molecule has 0 amide bonds. The Kier molecular flexibility index (Phi) is 17.0. The first-order valence-corrected chi connectivity index (χ1v) is 10.1. The first-order valence-electron chi connectivity index (χ1n) is 9.76. The molecule has 0 spiro atoms. The van der Waals surface area contributed by atoms with E-state index in [1.165, 1.54) is 31.8 Å². The van der Waals surface area contributed by atoms with Crippen LogP contribution in [0.5, 0.6) is 0 Å². The van der Waals surface area contributed by atoms with Crippen LogP contribution in [0.2, 0.25) is 0 Å². The molecular formula is C21H35ClO3. The van der Waals surface area contributed by atoms with Crippen molar-refractivity contribution in [2.45, 2.75) is 96.5 Å². The predicted octanol–water partition coefficient (Wildman–Crippen LogP) is 6.50. The van der Waals surface area contributed by atoms with Crippen molar-refractivity contribution in [3.8, 4) is 0 Å². The molecule has 1 atom stereocenters. The van der Waals surface area contributed by atoms with Crippen molar-refractivity contribution in [3.05, 3.63) is 24.8 Å². The van der Waals surface area contributed by atoms with Gasteiger partial charge in [-0.3, -0.25) is 4.79 Å². The van der Waals surface area contributed by atoms with Gasteiger partial charge in [-0.05, 0) is 43.7 Å². The Balaban J connectivity index is 3.81. The maximum Gasteiger partial charge on any atom is 0.330 e. The van der Waals surface area contributed by atoms with Crippen molar-refractivity contribution in [1.82, 2.24) is 0 Å². The van der Waals surface area contributed by atoms with E-state index >= 15 is 0 Å². The van der Waals surface area contributed by atoms with Crippen LogP contribution in [0.4, 0.5) is 0 Å². The van der Waals surface area contributed by atoms with Gasteiger partial charge in [0.2, 0.25) is 5.24 Å². The molecule has 4 heteroatoms. The fraction of sp³-hybridized carbons (Fsp3) is 0.714. The monoisotopic (exact) mass is 370 g/mol. The van der Waals surface area contributed by atoms with Crippen molar-refractivity contribution >= 4 is 22.8 Å². The third-order valence-corrected chi connectivity index (χ3v) is 4.33. The maximum atomic E-state index is 11.4. The minimum absolute atomic E-state index is 0.0355. The Morgan fingerprint density at radius 3 is 2.36 bits per heavy atom. The standard InChI is InChI=1S/C21H35ClO3/c1-3-5-6-13-16-19(25-21(24)4-2)17-14-11-9-7-8-10-12-15-18-20(22)23/h4,11,14,19H,2-3,5-10,12-13,15-18H2,1H3/b14-11-. The molecule has 0 saturated carbocycles. The molecule has 0 N–H and O–H groups in total. The van der Waals surface area contributed by atoms with Gasteiger partial charge in [0.25, 0.3) is 0 Å². The molecule has 0 radical (unpaired) electrons. The highest BCUT2D eigenvalue weighted by Crippen LogP contribution is 2.13. The van der Waals surface area contributed by atoms with Crippen LogP contribution >= 0.6 is 11.6 Å². The van der Waals surface area contributed by atoms with E-state index in [4.69, 9.17) is 16.3 Å². The number of hydrogen-bond acceptors (Lipinski definition) is 3. The molecule has 0 aliphatic heterocycles. The number of allylic oxidation sites excluding steroid dienone is 1. The first kappa shape index (κ1) is 23.9. The fourth-order valence-corrected chi connectivity index (χ4v) is 2.79. The number of unbranched alkanes of at least 4 members (excludes halogenated alkanes) is 8. The predicted molar refractivity (Wildman–Crippen MR) is 106 cm³/mol. The van der Waals surface area contributed by atoms with Crippen LogP contribution in [0.3, 0.4) is 0 Å². The average molecular weight is 371 g/mol. The maximum absolute atomic E-state index is 11.4. The molecule has 0 aromatic carbocycles. The number of hydrogen-bond donors (Lipinski definition) is 0. The Bertz CT molecular complexity index is 391. The van der Waals surface area contributed by atoms with E-state index in [9.17, 15) is 9.59 Å². The van der Waals surface area contributed by atoms with Crippen LogP contribution in [0.1, 0.15) is 90.4 Å². The van der Waals surface area contributed by atoms with Crippen LogP contribution in [0.25, 0.3) is 0 Å². The summed E-state index contributed by atoms with van der Waals surface area (Å²) in [6, 6.07) is 0. The summed E-state index contributed by atoms with van der Waals surface area (Å²) in [4.78, 5) is 22.0. The Hall–Kier alpha value is -1.09. The Morgan fingerprint density at radius 2 is 1.68 bits per heavy atom. The van der Waals surface area contributed by atoms with Gasteiger partial charge in [-0.1, -0.05) is 64.2 Å². The lowest BCUT2D eigenvalue weighted by atomic mass is 10.1. The van der Waals surface area contributed by atoms with Gasteiger partial charge in [0.15, 0.2) is 0 Å². The highest BCUT2D eigenvalue weighted by molar-refractivity contribution is 6.63. The largest absolute Gasteiger partial charge is 0.459 e. The summed E-state index contributed by atoms with van der Waals surface area (Å²) in [6.45, 7) is 5.66. The van der Waals surface area contributed by atoms with Crippen molar-refractivity contribution in [2.75, 3.05) is 0 Å². The summed E-state index contributed by atoms with van der Waals surface area (Å²) in [6.07, 6.45) is 18.9. The highest BCUT2D eigenvalue weighted by atomic mass is 35.5. The zero-order valence-corrected chi connectivity index (χ0v) is 16.6. The van der Waals surface area contributed by atoms with Gasteiger partial charge >= 0.3 is 5.97 Å². The lowest BCUT2D eigenvalue weighted by Gasteiger charge is -2.15. The first-order chi connectivity index (χ1) is 12.1. The van der Waals surface area contributed by atoms with Gasteiger partial charge in [0.1, 0.15) is 6.10 Å². The number of carbonyl (C=O) groups is 2. The topological polar surface area (TPSA) is 43.4 Å². The molecule has 0 aliphatic rings. The van der Waals surface area contributed by atoms with Gasteiger partial charge in [-0.2, -0.15) is 0 Å². The number of esters is 1. The molecule has 144 valence electrons. The SMILES string of the molecule is C=CC(=O)OC(C/C=C\CCCCCCCC(=O)Cl)CCCCCC. The lowest BCUT2D eigenvalue weighted by Crippen LogP contribution is -2.16. The van der Waals surface area contributed by atoms with Gasteiger partial charge in [-0.25, -0.2) is 4.79 Å². The molecule has 0 aliphatic carbocycles. The van der Waals surface area contributed by atoms with Crippen LogP contribution < -0.4 is 0 Å². The number of halogens is 1. The highest BCUT2D eigenvalue weighted by Gasteiger charge is 2.10. The summed E-state index contributed by atoms with van der Waals surface area (Å²) in [7, 11) is 0. The van der Waals surface area contributed by atoms with Gasteiger partial charge in [0, 0.05) is 18.9 Å². The Morgan fingerprint density at radius 1 is 1.00 bits per heavy atom. The van der Waals surface area contributed by atoms with Gasteiger partial charge in [-0.15, -0.1) is 0 Å². The molecular weight excluding hydrogens is 336 g/mol. The number of rotatable bonds is 17. The molecule has 0 aromatic heterocycles. The van der Waals surface area contributed by atoms with Crippen molar-refractivity contribution < 1.29 is 14.3 Å². The second kappa shape index (κ2) is 17.7. The summed E-state index contributed by atoms with van der Waals surface area (Å²) < 4.78 is 5.42. The number of ether oxygens (including phenoxy) is 1. The summed E-state index contributed by atoms with van der Waals surface area (Å²) >= 11 is 5.30. The molecule has 0 aromatic rings. The minimum Gasteiger partial charge on any atom is -0.459 e.